The van der Waals surface area contributed by atoms with E-state index in [0.717, 1.165) is 11.1 Å². The van der Waals surface area contributed by atoms with Crippen molar-refractivity contribution >= 4 is 17.0 Å². The number of benzene rings is 1. The van der Waals surface area contributed by atoms with Crippen molar-refractivity contribution < 1.29 is 9.21 Å². The summed E-state index contributed by atoms with van der Waals surface area (Å²) in [4.78, 5) is 23.1. The number of rotatable bonds is 5. The zero-order chi connectivity index (χ0) is 15.8. The predicted octanol–water partition coefficient (Wildman–Crippen LogP) is 1.52. The van der Waals surface area contributed by atoms with Gasteiger partial charge in [-0.3, -0.25) is 9.36 Å². The molecule has 21 heavy (non-hydrogen) atoms. The van der Waals surface area contributed by atoms with Gasteiger partial charge in [0.05, 0.1) is 5.52 Å². The molecule has 0 fully saturated rings. The van der Waals surface area contributed by atoms with Gasteiger partial charge in [-0.2, -0.15) is 0 Å². The molecule has 1 amide bonds. The van der Waals surface area contributed by atoms with Gasteiger partial charge in [-0.1, -0.05) is 19.9 Å². The van der Waals surface area contributed by atoms with E-state index >= 15 is 0 Å². The molecule has 1 atom stereocenters. The van der Waals surface area contributed by atoms with Gasteiger partial charge in [-0.25, -0.2) is 4.79 Å². The number of hydrogen-bond donors (Lipinski definition) is 2. The van der Waals surface area contributed by atoms with E-state index in [1.54, 1.807) is 24.5 Å². The molecule has 0 bridgehead atoms. The van der Waals surface area contributed by atoms with E-state index < -0.39 is 5.41 Å². The molecule has 2 rings (SSSR count). The summed E-state index contributed by atoms with van der Waals surface area (Å²) in [5, 5.41) is 0. The lowest BCUT2D eigenvalue weighted by molar-refractivity contribution is -0.126. The molecule has 4 N–H and O–H groups in total. The Labute approximate surface area is 122 Å². The Morgan fingerprint density at radius 1 is 1.43 bits per heavy atom. The van der Waals surface area contributed by atoms with Crippen LogP contribution in [0, 0.1) is 5.41 Å². The van der Waals surface area contributed by atoms with E-state index in [-0.39, 0.29) is 17.7 Å². The van der Waals surface area contributed by atoms with Gasteiger partial charge in [-0.05, 0) is 31.0 Å². The van der Waals surface area contributed by atoms with Gasteiger partial charge in [0.15, 0.2) is 5.58 Å². The molecule has 1 aromatic carbocycles. The van der Waals surface area contributed by atoms with Crippen LogP contribution in [0.1, 0.15) is 38.8 Å². The third-order valence-corrected chi connectivity index (χ3v) is 3.83. The van der Waals surface area contributed by atoms with Crippen molar-refractivity contribution in [1.82, 2.24) is 4.57 Å². The lowest BCUT2D eigenvalue weighted by Gasteiger charge is -2.24. The van der Waals surface area contributed by atoms with Crippen LogP contribution in [0.2, 0.25) is 0 Å². The summed E-state index contributed by atoms with van der Waals surface area (Å²) in [5.41, 5.74) is 12.9. The van der Waals surface area contributed by atoms with Crippen molar-refractivity contribution in [2.45, 2.75) is 39.8 Å². The molecule has 2 aromatic rings. The first-order valence-corrected chi connectivity index (χ1v) is 6.95. The maximum absolute atomic E-state index is 11.7. The van der Waals surface area contributed by atoms with E-state index in [2.05, 4.69) is 0 Å². The average molecular weight is 291 g/mol. The molecule has 0 aliphatic rings. The fourth-order valence-electron chi connectivity index (χ4n) is 2.38. The van der Waals surface area contributed by atoms with Crippen molar-refractivity contribution in [1.29, 1.82) is 0 Å². The highest BCUT2D eigenvalue weighted by atomic mass is 16.4. The lowest BCUT2D eigenvalue weighted by Crippen LogP contribution is -2.34. The third kappa shape index (κ3) is 2.85. The summed E-state index contributed by atoms with van der Waals surface area (Å²) in [7, 11) is 0. The summed E-state index contributed by atoms with van der Waals surface area (Å²) in [5.74, 6) is -0.765. The first-order valence-electron chi connectivity index (χ1n) is 6.95. The third-order valence-electron chi connectivity index (χ3n) is 3.83. The van der Waals surface area contributed by atoms with E-state index in [1.807, 2.05) is 19.1 Å². The highest BCUT2D eigenvalue weighted by molar-refractivity contribution is 5.80. The highest BCUT2D eigenvalue weighted by Crippen LogP contribution is 2.29. The minimum atomic E-state index is -0.690. The number of hydrogen-bond acceptors (Lipinski definition) is 4. The molecule has 6 heteroatoms. The Kier molecular flexibility index (Phi) is 3.91. The number of fused-ring (bicyclic) bond motifs is 1. The number of carbonyl (C=O) groups excluding carboxylic acids is 1. The van der Waals surface area contributed by atoms with E-state index in [0.29, 0.717) is 18.5 Å². The van der Waals surface area contributed by atoms with Crippen molar-refractivity contribution in [3.05, 3.63) is 34.3 Å². The van der Waals surface area contributed by atoms with Crippen LogP contribution in [0.5, 0.6) is 0 Å². The second kappa shape index (κ2) is 5.37. The van der Waals surface area contributed by atoms with Crippen LogP contribution in [-0.2, 0) is 11.3 Å². The number of aromatic nitrogens is 1. The number of primary amides is 1. The number of amides is 1. The van der Waals surface area contributed by atoms with E-state index in [4.69, 9.17) is 15.9 Å². The van der Waals surface area contributed by atoms with Crippen LogP contribution in [0.25, 0.3) is 11.1 Å². The molecule has 0 spiro atoms. The molecule has 0 saturated heterocycles. The van der Waals surface area contributed by atoms with Crippen LogP contribution in [0.15, 0.2) is 27.4 Å². The van der Waals surface area contributed by atoms with Crippen LogP contribution < -0.4 is 17.2 Å². The Balaban J connectivity index is 2.35. The maximum atomic E-state index is 11.7. The van der Waals surface area contributed by atoms with Gasteiger partial charge >= 0.3 is 5.76 Å². The Bertz CT molecular complexity index is 727. The average Bonchev–Trinajstić information content (AvgIpc) is 2.71. The molecule has 0 saturated carbocycles. The summed E-state index contributed by atoms with van der Waals surface area (Å²) in [6.07, 6.45) is 0.423. The highest BCUT2D eigenvalue weighted by Gasteiger charge is 2.28. The smallest absolute Gasteiger partial charge is 0.408 e. The SMILES string of the molecule is CCn1c(=O)oc2cc(C(N)CC(C)(C)C(N)=O)ccc21. The fraction of sp³-hybridized carbons (Fsp3) is 0.467. The van der Waals surface area contributed by atoms with E-state index in [9.17, 15) is 9.59 Å². The molecular weight excluding hydrogens is 270 g/mol. The molecule has 114 valence electrons. The second-order valence-electron chi connectivity index (χ2n) is 5.90. The molecule has 1 aromatic heterocycles. The zero-order valence-corrected chi connectivity index (χ0v) is 12.6. The van der Waals surface area contributed by atoms with Crippen molar-refractivity contribution in [2.75, 3.05) is 0 Å². The minimum Gasteiger partial charge on any atom is -0.408 e. The summed E-state index contributed by atoms with van der Waals surface area (Å²) >= 11 is 0. The van der Waals surface area contributed by atoms with E-state index in [1.165, 1.54) is 0 Å². The Morgan fingerprint density at radius 2 is 2.10 bits per heavy atom. The van der Waals surface area contributed by atoms with Gasteiger partial charge < -0.3 is 15.9 Å². The van der Waals surface area contributed by atoms with Crippen LogP contribution in [0.4, 0.5) is 0 Å². The number of carbonyl (C=O) groups is 1. The molecule has 6 nitrogen and oxygen atoms in total. The summed E-state index contributed by atoms with van der Waals surface area (Å²) in [6, 6.07) is 5.07. The largest absolute Gasteiger partial charge is 0.419 e. The molecule has 0 radical (unpaired) electrons. The first kappa shape index (κ1) is 15.3. The monoisotopic (exact) mass is 291 g/mol. The van der Waals surface area contributed by atoms with Gasteiger partial charge in [0.25, 0.3) is 0 Å². The van der Waals surface area contributed by atoms with Crippen molar-refractivity contribution in [3.8, 4) is 0 Å². The standard InChI is InChI=1S/C15H21N3O3/c1-4-18-11-6-5-9(7-12(11)21-14(18)20)10(16)8-15(2,3)13(17)19/h5-7,10H,4,8,16H2,1-3H3,(H2,17,19). The Morgan fingerprint density at radius 3 is 2.67 bits per heavy atom. The quantitative estimate of drug-likeness (QED) is 0.871. The lowest BCUT2D eigenvalue weighted by atomic mass is 9.83. The van der Waals surface area contributed by atoms with Gasteiger partial charge in [-0.15, -0.1) is 0 Å². The van der Waals surface area contributed by atoms with Crippen LogP contribution in [0.3, 0.4) is 0 Å². The van der Waals surface area contributed by atoms with Crippen LogP contribution in [-0.4, -0.2) is 10.5 Å². The predicted molar refractivity (Wildman–Crippen MR) is 80.7 cm³/mol. The van der Waals surface area contributed by atoms with Crippen molar-refractivity contribution in [3.63, 3.8) is 0 Å². The second-order valence-corrected chi connectivity index (χ2v) is 5.90. The van der Waals surface area contributed by atoms with Crippen LogP contribution >= 0.6 is 0 Å². The molecular formula is C15H21N3O3. The number of nitrogens with two attached hydrogens (primary N) is 2. The Hall–Kier alpha value is -2.08. The minimum absolute atomic E-state index is 0.354. The fourth-order valence-corrected chi connectivity index (χ4v) is 2.38. The van der Waals surface area contributed by atoms with Crippen molar-refractivity contribution in [2.24, 2.45) is 16.9 Å². The molecule has 1 heterocycles. The first-order chi connectivity index (χ1) is 9.76. The number of oxazole rings is 1. The molecule has 0 aliphatic carbocycles. The summed E-state index contributed by atoms with van der Waals surface area (Å²) < 4.78 is 6.77. The summed E-state index contributed by atoms with van der Waals surface area (Å²) in [6.45, 7) is 5.96. The number of nitrogens with zero attached hydrogens (tertiary/aromatic N) is 1. The topological polar surface area (TPSA) is 104 Å². The zero-order valence-electron chi connectivity index (χ0n) is 12.6. The van der Waals surface area contributed by atoms with Gasteiger partial charge in [0.2, 0.25) is 5.91 Å². The number of aryl methyl sites for hydroxylation is 1. The molecule has 0 aliphatic heterocycles. The van der Waals surface area contributed by atoms with Gasteiger partial charge in [0.1, 0.15) is 0 Å². The normalized spacial score (nSPS) is 13.5. The molecule has 1 unspecified atom stereocenters. The van der Waals surface area contributed by atoms with Gasteiger partial charge in [0, 0.05) is 18.0 Å². The maximum Gasteiger partial charge on any atom is 0.419 e.